The summed E-state index contributed by atoms with van der Waals surface area (Å²) in [5.74, 6) is -0.0372. The van der Waals surface area contributed by atoms with E-state index in [1.54, 1.807) is 25.1 Å². The molecular formula is C28H25ClN2O5S. The Balaban J connectivity index is 1.69. The highest BCUT2D eigenvalue weighted by Crippen LogP contribution is 2.43. The molecule has 0 radical (unpaired) electrons. The number of fused-ring (bicyclic) bond motifs is 2. The smallest absolute Gasteiger partial charge is 0.297 e. The second-order valence-electron chi connectivity index (χ2n) is 8.99. The number of carbonyl (C=O) groups is 2. The third-order valence-electron chi connectivity index (χ3n) is 6.33. The van der Waals surface area contributed by atoms with Gasteiger partial charge in [0.1, 0.15) is 11.3 Å². The molecule has 0 aliphatic carbocycles. The van der Waals surface area contributed by atoms with Crippen molar-refractivity contribution >= 4 is 50.7 Å². The number of hydrogen-bond donors (Lipinski definition) is 0. The quantitative estimate of drug-likeness (QED) is 0.183. The van der Waals surface area contributed by atoms with Crippen molar-refractivity contribution in [3.8, 4) is 5.75 Å². The second kappa shape index (κ2) is 10.1. The minimum Gasteiger partial charge on any atom is -0.494 e. The molecule has 2 aromatic carbocycles. The Kier molecular flexibility index (Phi) is 6.88. The predicted octanol–water partition coefficient (Wildman–Crippen LogP) is 6.73. The third-order valence-corrected chi connectivity index (χ3v) is 7.83. The summed E-state index contributed by atoms with van der Waals surface area (Å²) in [6.45, 7) is 5.89. The molecule has 0 bridgehead atoms. The van der Waals surface area contributed by atoms with Crippen LogP contribution < -0.4 is 15.1 Å². The van der Waals surface area contributed by atoms with Crippen LogP contribution in [0.25, 0.3) is 11.0 Å². The Morgan fingerprint density at radius 1 is 1.19 bits per heavy atom. The van der Waals surface area contributed by atoms with Gasteiger partial charge in [0.25, 0.3) is 5.91 Å². The number of thiazole rings is 1. The van der Waals surface area contributed by atoms with Crippen LogP contribution in [0.15, 0.2) is 51.7 Å². The number of nitrogens with zero attached hydrogens (tertiary/aromatic N) is 2. The van der Waals surface area contributed by atoms with Crippen LogP contribution in [0, 0.1) is 6.92 Å². The largest absolute Gasteiger partial charge is 0.494 e. The average Bonchev–Trinajstić information content (AvgIpc) is 3.40. The number of halogens is 1. The Bertz CT molecular complexity index is 1590. The monoisotopic (exact) mass is 536 g/mol. The van der Waals surface area contributed by atoms with Crippen molar-refractivity contribution in [1.29, 1.82) is 0 Å². The number of rotatable bonds is 8. The number of aryl methyl sites for hydroxylation is 1. The summed E-state index contributed by atoms with van der Waals surface area (Å²) in [5, 5.41) is 0.999. The zero-order valence-corrected chi connectivity index (χ0v) is 22.2. The first kappa shape index (κ1) is 25.2. The molecule has 1 unspecified atom stereocenters. The van der Waals surface area contributed by atoms with Gasteiger partial charge in [0.05, 0.1) is 34.2 Å². The van der Waals surface area contributed by atoms with E-state index in [4.69, 9.17) is 20.8 Å². The number of unbranched alkanes of at least 4 members (excludes halogenated alkanes) is 2. The highest BCUT2D eigenvalue weighted by molar-refractivity contribution is 7.17. The first-order chi connectivity index (χ1) is 17.8. The van der Waals surface area contributed by atoms with Crippen molar-refractivity contribution in [2.24, 2.45) is 0 Å². The van der Waals surface area contributed by atoms with Gasteiger partial charge in [-0.2, -0.15) is 0 Å². The number of Topliss-reactive ketones (excluding diaryl/α,β-unsaturated/α-hetero) is 1. The van der Waals surface area contributed by atoms with Gasteiger partial charge in [-0.05, 0) is 49.2 Å². The van der Waals surface area contributed by atoms with E-state index in [1.807, 2.05) is 24.3 Å². The lowest BCUT2D eigenvalue weighted by Gasteiger charge is -2.23. The van der Waals surface area contributed by atoms with Crippen LogP contribution >= 0.6 is 22.9 Å². The Morgan fingerprint density at radius 2 is 2.00 bits per heavy atom. The maximum absolute atomic E-state index is 13.8. The van der Waals surface area contributed by atoms with Gasteiger partial charge in [-0.15, -0.1) is 0 Å². The molecule has 1 amide bonds. The molecule has 4 aromatic rings. The van der Waals surface area contributed by atoms with Gasteiger partial charge in [0.15, 0.2) is 16.3 Å². The number of amides is 1. The summed E-state index contributed by atoms with van der Waals surface area (Å²) < 4.78 is 11.9. The molecule has 1 aliphatic rings. The molecule has 1 atom stereocenters. The van der Waals surface area contributed by atoms with E-state index in [9.17, 15) is 14.4 Å². The summed E-state index contributed by atoms with van der Waals surface area (Å²) in [5.41, 5.74) is 1.34. The van der Waals surface area contributed by atoms with Crippen LogP contribution in [0.3, 0.4) is 0 Å². The maximum Gasteiger partial charge on any atom is 0.297 e. The Morgan fingerprint density at radius 3 is 2.73 bits per heavy atom. The molecule has 0 spiro atoms. The van der Waals surface area contributed by atoms with Gasteiger partial charge in [-0.1, -0.05) is 54.8 Å². The highest BCUT2D eigenvalue weighted by Gasteiger charge is 2.45. The van der Waals surface area contributed by atoms with Gasteiger partial charge in [0, 0.05) is 11.9 Å². The number of aromatic nitrogens is 1. The topological polar surface area (TPSA) is 89.7 Å². The molecule has 2 aromatic heterocycles. The van der Waals surface area contributed by atoms with E-state index in [0.29, 0.717) is 38.6 Å². The summed E-state index contributed by atoms with van der Waals surface area (Å²) in [7, 11) is 0. The lowest BCUT2D eigenvalue weighted by Crippen LogP contribution is -2.29. The van der Waals surface area contributed by atoms with Gasteiger partial charge in [-0.25, -0.2) is 4.98 Å². The van der Waals surface area contributed by atoms with Gasteiger partial charge in [-0.3, -0.25) is 19.3 Å². The molecular weight excluding hydrogens is 512 g/mol. The van der Waals surface area contributed by atoms with Gasteiger partial charge in [0.2, 0.25) is 5.76 Å². The first-order valence-corrected chi connectivity index (χ1v) is 13.3. The second-order valence-corrected chi connectivity index (χ2v) is 10.4. The Labute approximate surface area is 222 Å². The number of carbonyl (C=O) groups excluding carboxylic acids is 2. The van der Waals surface area contributed by atoms with E-state index in [0.717, 1.165) is 30.6 Å². The van der Waals surface area contributed by atoms with Crippen molar-refractivity contribution < 1.29 is 18.7 Å². The molecule has 1 aliphatic heterocycles. The number of benzene rings is 2. The van der Waals surface area contributed by atoms with E-state index >= 15 is 0 Å². The third kappa shape index (κ3) is 4.55. The maximum atomic E-state index is 13.8. The number of ether oxygens (including phenoxy) is 1. The molecule has 9 heteroatoms. The van der Waals surface area contributed by atoms with E-state index < -0.39 is 11.9 Å². The van der Waals surface area contributed by atoms with Crippen molar-refractivity contribution in [3.05, 3.63) is 85.2 Å². The lowest BCUT2D eigenvalue weighted by molar-refractivity contribution is 0.0969. The minimum atomic E-state index is -0.813. The zero-order chi connectivity index (χ0) is 26.3. The summed E-state index contributed by atoms with van der Waals surface area (Å²) in [6.07, 6.45) is 3.08. The summed E-state index contributed by atoms with van der Waals surface area (Å²) in [4.78, 5) is 46.2. The molecule has 3 heterocycles. The number of ketones is 1. The minimum absolute atomic E-state index is 0.0451. The van der Waals surface area contributed by atoms with Crippen molar-refractivity contribution in [2.45, 2.75) is 46.1 Å². The van der Waals surface area contributed by atoms with Crippen LogP contribution in [-0.4, -0.2) is 23.3 Å². The summed E-state index contributed by atoms with van der Waals surface area (Å²) >= 11 is 7.30. The fourth-order valence-corrected chi connectivity index (χ4v) is 5.75. The number of anilines is 1. The van der Waals surface area contributed by atoms with Crippen molar-refractivity contribution in [1.82, 2.24) is 4.98 Å². The molecule has 7 nitrogen and oxygen atoms in total. The first-order valence-electron chi connectivity index (χ1n) is 12.1. The fraction of sp³-hybridized carbons (Fsp3) is 0.286. The van der Waals surface area contributed by atoms with E-state index in [2.05, 4.69) is 11.9 Å². The SMILES string of the molecule is CCCCCOc1cccc(C2c3c(oc4ccc(Cl)cc4c3=O)C(=O)N2c2nc(C)c(C(C)=O)s2)c1. The van der Waals surface area contributed by atoms with Crippen molar-refractivity contribution in [3.63, 3.8) is 0 Å². The lowest BCUT2D eigenvalue weighted by atomic mass is 9.98. The molecule has 0 saturated heterocycles. The molecule has 0 fully saturated rings. The zero-order valence-electron chi connectivity index (χ0n) is 20.7. The predicted molar refractivity (Wildman–Crippen MR) is 144 cm³/mol. The van der Waals surface area contributed by atoms with E-state index in [-0.39, 0.29) is 33.5 Å². The van der Waals surface area contributed by atoms with Crippen LogP contribution in [0.1, 0.15) is 76.2 Å². The van der Waals surface area contributed by atoms with Crippen LogP contribution in [0.5, 0.6) is 5.75 Å². The normalized spacial score (nSPS) is 14.9. The number of hydrogen-bond acceptors (Lipinski definition) is 7. The van der Waals surface area contributed by atoms with E-state index in [1.165, 1.54) is 11.8 Å². The van der Waals surface area contributed by atoms with Crippen LogP contribution in [0.2, 0.25) is 5.02 Å². The Hall–Kier alpha value is -3.49. The van der Waals surface area contributed by atoms with Crippen LogP contribution in [-0.2, 0) is 0 Å². The molecule has 0 saturated carbocycles. The van der Waals surface area contributed by atoms with Gasteiger partial charge < -0.3 is 9.15 Å². The fourth-order valence-electron chi connectivity index (χ4n) is 4.59. The highest BCUT2D eigenvalue weighted by atomic mass is 35.5. The van der Waals surface area contributed by atoms with Crippen LogP contribution in [0.4, 0.5) is 5.13 Å². The standard InChI is InChI=1S/C28H25ClN2O5S/c1-4-5-6-12-35-19-9-7-8-17(13-19)23-22-24(33)20-14-18(29)10-11-21(20)36-25(22)27(34)31(23)28-30-15(2)26(37-28)16(3)32/h7-11,13-14,23H,4-6,12H2,1-3H3. The molecule has 5 rings (SSSR count). The summed E-state index contributed by atoms with van der Waals surface area (Å²) in [6, 6.07) is 11.3. The van der Waals surface area contributed by atoms with Crippen molar-refractivity contribution in [2.75, 3.05) is 11.5 Å². The molecule has 37 heavy (non-hydrogen) atoms. The molecule has 190 valence electrons. The van der Waals surface area contributed by atoms with Gasteiger partial charge >= 0.3 is 0 Å². The molecule has 0 N–H and O–H groups in total. The average molecular weight is 537 g/mol.